The number of hydrogen-bond acceptors (Lipinski definition) is 3. The van der Waals surface area contributed by atoms with Crippen LogP contribution in [0.2, 0.25) is 0 Å². The summed E-state index contributed by atoms with van der Waals surface area (Å²) in [7, 11) is 8.26. The lowest BCUT2D eigenvalue weighted by Gasteiger charge is -2.20. The fourth-order valence-electron chi connectivity index (χ4n) is 3.27. The van der Waals surface area contributed by atoms with Crippen LogP contribution in [0.4, 0.5) is 11.4 Å². The highest BCUT2D eigenvalue weighted by molar-refractivity contribution is 5.52. The molecule has 0 spiro atoms. The molecule has 142 valence electrons. The number of aromatic amines is 1. The number of nitrogens with one attached hydrogen (secondary N) is 1. The van der Waals surface area contributed by atoms with Crippen LogP contribution < -0.4 is 9.80 Å². The molecule has 0 bridgehead atoms. The minimum Gasteiger partial charge on any atom is -0.378 e. The summed E-state index contributed by atoms with van der Waals surface area (Å²) in [5, 5.41) is 0. The quantitative estimate of drug-likeness (QED) is 0.681. The molecule has 2 aromatic carbocycles. The largest absolute Gasteiger partial charge is 0.378 e. The normalized spacial score (nSPS) is 11.3. The number of H-pyrrole nitrogens is 1. The second kappa shape index (κ2) is 7.87. The molecule has 0 radical (unpaired) electrons. The van der Waals surface area contributed by atoms with Gasteiger partial charge in [0.15, 0.2) is 0 Å². The molecule has 0 aliphatic heterocycles. The van der Waals surface area contributed by atoms with Crippen molar-refractivity contribution in [2.45, 2.75) is 25.7 Å². The Morgan fingerprint density at radius 2 is 1.19 bits per heavy atom. The minimum absolute atomic E-state index is 0.137. The van der Waals surface area contributed by atoms with Gasteiger partial charge in [0.1, 0.15) is 5.82 Å². The summed E-state index contributed by atoms with van der Waals surface area (Å²) in [5.41, 5.74) is 6.06. The number of anilines is 2. The second-order valence-electron chi connectivity index (χ2n) is 7.78. The predicted molar refractivity (Wildman–Crippen MR) is 115 cm³/mol. The average molecular weight is 363 g/mol. The van der Waals surface area contributed by atoms with E-state index in [9.17, 15) is 0 Å². The van der Waals surface area contributed by atoms with Gasteiger partial charge in [0.2, 0.25) is 0 Å². The molecule has 1 aromatic heterocycles. The smallest absolute Gasteiger partial charge is 0.108 e. The lowest BCUT2D eigenvalue weighted by molar-refractivity contribution is 0.784. The van der Waals surface area contributed by atoms with Crippen LogP contribution in [0.25, 0.3) is 0 Å². The number of hydrogen-bond donors (Lipinski definition) is 1. The molecule has 0 saturated carbocycles. The third-order valence-electron chi connectivity index (χ3n) is 4.96. The first-order valence-electron chi connectivity index (χ1n) is 9.46. The van der Waals surface area contributed by atoms with Gasteiger partial charge in [-0.2, -0.15) is 0 Å². The Kier molecular flexibility index (Phi) is 5.54. The van der Waals surface area contributed by atoms with Crippen molar-refractivity contribution < 1.29 is 0 Å². The van der Waals surface area contributed by atoms with Gasteiger partial charge < -0.3 is 14.8 Å². The van der Waals surface area contributed by atoms with E-state index in [2.05, 4.69) is 110 Å². The maximum absolute atomic E-state index is 4.61. The van der Waals surface area contributed by atoms with Crippen molar-refractivity contribution in [1.29, 1.82) is 0 Å². The highest BCUT2D eigenvalue weighted by atomic mass is 15.1. The van der Waals surface area contributed by atoms with E-state index < -0.39 is 0 Å². The van der Waals surface area contributed by atoms with Crippen LogP contribution >= 0.6 is 0 Å². The van der Waals surface area contributed by atoms with Gasteiger partial charge in [-0.3, -0.25) is 0 Å². The van der Waals surface area contributed by atoms with E-state index in [-0.39, 0.29) is 5.92 Å². The first-order valence-corrected chi connectivity index (χ1v) is 9.46. The Morgan fingerprint density at radius 3 is 1.52 bits per heavy atom. The molecule has 1 N–H and O–H groups in total. The van der Waals surface area contributed by atoms with Crippen LogP contribution in [0.15, 0.2) is 54.7 Å². The Morgan fingerprint density at radius 1 is 0.741 bits per heavy atom. The molecule has 0 fully saturated rings. The van der Waals surface area contributed by atoms with Crippen LogP contribution in [0.3, 0.4) is 0 Å². The zero-order valence-corrected chi connectivity index (χ0v) is 17.2. The summed E-state index contributed by atoms with van der Waals surface area (Å²) in [5.74, 6) is 1.55. The van der Waals surface area contributed by atoms with Crippen molar-refractivity contribution >= 4 is 11.4 Å². The van der Waals surface area contributed by atoms with Crippen LogP contribution in [0.5, 0.6) is 0 Å². The van der Waals surface area contributed by atoms with Crippen LogP contribution in [0, 0.1) is 0 Å². The van der Waals surface area contributed by atoms with Gasteiger partial charge in [-0.15, -0.1) is 0 Å². The Labute approximate surface area is 162 Å². The third-order valence-corrected chi connectivity index (χ3v) is 4.96. The molecule has 0 aliphatic rings. The van der Waals surface area contributed by atoms with E-state index >= 15 is 0 Å². The molecule has 4 heteroatoms. The SMILES string of the molecule is CC(C)c1ncc(C(c2ccc(N(C)C)cc2)c2ccc(N(C)C)cc2)[nH]1. The number of rotatable bonds is 6. The highest BCUT2D eigenvalue weighted by Crippen LogP contribution is 2.33. The molecule has 0 atom stereocenters. The van der Waals surface area contributed by atoms with Crippen LogP contribution in [0.1, 0.15) is 48.3 Å². The molecule has 4 nitrogen and oxygen atoms in total. The van der Waals surface area contributed by atoms with E-state index in [1.165, 1.54) is 22.5 Å². The molecule has 3 aromatic rings. The molecule has 0 saturated heterocycles. The van der Waals surface area contributed by atoms with Crippen molar-refractivity contribution in [2.75, 3.05) is 38.0 Å². The summed E-state index contributed by atoms with van der Waals surface area (Å²) in [6.45, 7) is 4.32. The first kappa shape index (κ1) is 19.0. The maximum atomic E-state index is 4.61. The molecule has 0 unspecified atom stereocenters. The summed E-state index contributed by atoms with van der Waals surface area (Å²) in [4.78, 5) is 12.4. The van der Waals surface area contributed by atoms with Crippen molar-refractivity contribution in [1.82, 2.24) is 9.97 Å². The number of benzene rings is 2. The first-order chi connectivity index (χ1) is 12.9. The molecular formula is C23H30N4. The Hall–Kier alpha value is -2.75. The standard InChI is InChI=1S/C23H30N4/c1-16(2)23-24-15-21(25-23)22(17-7-11-19(12-8-17)26(3)4)18-9-13-20(14-10-18)27(5)6/h7-16,22H,1-6H3,(H,24,25). The highest BCUT2D eigenvalue weighted by Gasteiger charge is 2.20. The van der Waals surface area contributed by atoms with Gasteiger partial charge in [0.25, 0.3) is 0 Å². The van der Waals surface area contributed by atoms with E-state index in [0.717, 1.165) is 11.5 Å². The molecule has 0 aliphatic carbocycles. The molecule has 0 amide bonds. The topological polar surface area (TPSA) is 35.2 Å². The Bertz CT molecular complexity index is 807. The summed E-state index contributed by atoms with van der Waals surface area (Å²) < 4.78 is 0. The number of aromatic nitrogens is 2. The van der Waals surface area contributed by atoms with Gasteiger partial charge in [0.05, 0.1) is 5.92 Å². The van der Waals surface area contributed by atoms with Crippen LogP contribution in [-0.4, -0.2) is 38.2 Å². The van der Waals surface area contributed by atoms with Gasteiger partial charge in [-0.1, -0.05) is 38.1 Å². The van der Waals surface area contributed by atoms with Gasteiger partial charge in [-0.05, 0) is 35.4 Å². The van der Waals surface area contributed by atoms with Gasteiger partial charge in [0, 0.05) is 57.4 Å². The summed E-state index contributed by atoms with van der Waals surface area (Å²) in [6, 6.07) is 17.6. The lowest BCUT2D eigenvalue weighted by Crippen LogP contribution is -2.10. The summed E-state index contributed by atoms with van der Waals surface area (Å²) >= 11 is 0. The summed E-state index contributed by atoms with van der Waals surface area (Å²) in [6.07, 6.45) is 1.99. The van der Waals surface area contributed by atoms with Crippen molar-refractivity contribution in [3.63, 3.8) is 0 Å². The van der Waals surface area contributed by atoms with E-state index in [0.29, 0.717) is 5.92 Å². The monoisotopic (exact) mass is 362 g/mol. The zero-order valence-electron chi connectivity index (χ0n) is 17.2. The molecule has 27 heavy (non-hydrogen) atoms. The Balaban J connectivity index is 2.04. The third kappa shape index (κ3) is 4.16. The lowest BCUT2D eigenvalue weighted by atomic mass is 9.88. The second-order valence-corrected chi connectivity index (χ2v) is 7.78. The fourth-order valence-corrected chi connectivity index (χ4v) is 3.27. The molecule has 1 heterocycles. The minimum atomic E-state index is 0.137. The number of nitrogens with zero attached hydrogens (tertiary/aromatic N) is 3. The van der Waals surface area contributed by atoms with E-state index in [4.69, 9.17) is 0 Å². The predicted octanol–water partition coefficient (Wildman–Crippen LogP) is 4.85. The van der Waals surface area contributed by atoms with Crippen LogP contribution in [-0.2, 0) is 0 Å². The van der Waals surface area contributed by atoms with Gasteiger partial charge >= 0.3 is 0 Å². The van der Waals surface area contributed by atoms with Crippen molar-refractivity contribution in [2.24, 2.45) is 0 Å². The van der Waals surface area contributed by atoms with Gasteiger partial charge in [-0.25, -0.2) is 4.98 Å². The van der Waals surface area contributed by atoms with E-state index in [1.807, 2.05) is 6.20 Å². The zero-order chi connectivity index (χ0) is 19.6. The number of imidazole rings is 1. The molecule has 3 rings (SSSR count). The average Bonchev–Trinajstić information content (AvgIpc) is 3.13. The van der Waals surface area contributed by atoms with Crippen molar-refractivity contribution in [3.05, 3.63) is 77.4 Å². The maximum Gasteiger partial charge on any atom is 0.108 e. The molecular weight excluding hydrogens is 332 g/mol. The van der Waals surface area contributed by atoms with Crippen molar-refractivity contribution in [3.8, 4) is 0 Å². The van der Waals surface area contributed by atoms with E-state index in [1.54, 1.807) is 0 Å². The fraction of sp³-hybridized carbons (Fsp3) is 0.348.